The molecule has 0 unspecified atom stereocenters. The van der Waals surface area contributed by atoms with Crippen molar-refractivity contribution in [2.24, 2.45) is 5.10 Å². The van der Waals surface area contributed by atoms with Crippen LogP contribution in [0.25, 0.3) is 0 Å². The van der Waals surface area contributed by atoms with E-state index in [4.69, 9.17) is 9.84 Å². The second-order valence-electron chi connectivity index (χ2n) is 3.48. The summed E-state index contributed by atoms with van der Waals surface area (Å²) in [6.45, 7) is 3.33. The molecule has 6 nitrogen and oxygen atoms in total. The van der Waals surface area contributed by atoms with E-state index in [1.807, 2.05) is 6.92 Å². The number of hydrogen-bond donors (Lipinski definition) is 1. The fourth-order valence-electron chi connectivity index (χ4n) is 1.33. The van der Waals surface area contributed by atoms with Crippen LogP contribution in [-0.4, -0.2) is 47.5 Å². The van der Waals surface area contributed by atoms with Crippen LogP contribution in [0.5, 0.6) is 0 Å². The number of amides is 1. The van der Waals surface area contributed by atoms with Gasteiger partial charge in [-0.1, -0.05) is 6.92 Å². The van der Waals surface area contributed by atoms with Crippen molar-refractivity contribution in [3.05, 3.63) is 0 Å². The molecule has 1 aliphatic rings. The summed E-state index contributed by atoms with van der Waals surface area (Å²) in [6.07, 6.45) is 1.33. The van der Waals surface area contributed by atoms with Crippen LogP contribution in [0.4, 0.5) is 0 Å². The smallest absolute Gasteiger partial charge is 0.352 e. The summed E-state index contributed by atoms with van der Waals surface area (Å²) in [5, 5.41) is 13.7. The molecule has 0 bridgehead atoms. The first-order valence-corrected chi connectivity index (χ1v) is 5.34. The molecule has 1 heterocycles. The van der Waals surface area contributed by atoms with E-state index < -0.39 is 5.97 Å². The molecule has 0 saturated heterocycles. The maximum absolute atomic E-state index is 11.4. The number of carboxylic acids is 1. The van der Waals surface area contributed by atoms with Gasteiger partial charge in [-0.05, 0) is 6.42 Å². The summed E-state index contributed by atoms with van der Waals surface area (Å²) in [4.78, 5) is 22.1. The Morgan fingerprint density at radius 3 is 2.88 bits per heavy atom. The van der Waals surface area contributed by atoms with Crippen molar-refractivity contribution in [1.82, 2.24) is 5.01 Å². The van der Waals surface area contributed by atoms with Crippen LogP contribution in [0.2, 0.25) is 0 Å². The highest BCUT2D eigenvalue weighted by Crippen LogP contribution is 2.08. The number of nitrogens with zero attached hydrogens (tertiary/aromatic N) is 2. The highest BCUT2D eigenvalue weighted by Gasteiger charge is 2.23. The summed E-state index contributed by atoms with van der Waals surface area (Å²) in [7, 11) is 0. The van der Waals surface area contributed by atoms with Crippen LogP contribution in [0.15, 0.2) is 5.10 Å². The molecule has 1 N–H and O–H groups in total. The summed E-state index contributed by atoms with van der Waals surface area (Å²) >= 11 is 0. The van der Waals surface area contributed by atoms with Crippen LogP contribution < -0.4 is 0 Å². The third-order valence-electron chi connectivity index (χ3n) is 2.15. The zero-order chi connectivity index (χ0) is 12.0. The minimum Gasteiger partial charge on any atom is -0.477 e. The van der Waals surface area contributed by atoms with Gasteiger partial charge in [-0.15, -0.1) is 0 Å². The first-order chi connectivity index (χ1) is 7.65. The Morgan fingerprint density at radius 2 is 2.25 bits per heavy atom. The third-order valence-corrected chi connectivity index (χ3v) is 2.15. The van der Waals surface area contributed by atoms with Gasteiger partial charge in [0.25, 0.3) is 0 Å². The zero-order valence-electron chi connectivity index (χ0n) is 9.31. The normalized spacial score (nSPS) is 16.2. The molecule has 0 aromatic heterocycles. The molecule has 0 aliphatic carbocycles. The maximum atomic E-state index is 11.4. The Morgan fingerprint density at radius 1 is 1.50 bits per heavy atom. The molecule has 0 spiro atoms. The summed E-state index contributed by atoms with van der Waals surface area (Å²) < 4.78 is 5.22. The lowest BCUT2D eigenvalue weighted by Gasteiger charge is -2.21. The van der Waals surface area contributed by atoms with Gasteiger partial charge in [0, 0.05) is 19.4 Å². The Bertz CT molecular complexity index is 301. The molecule has 1 aliphatic heterocycles. The van der Waals surface area contributed by atoms with Gasteiger partial charge < -0.3 is 9.84 Å². The average molecular weight is 228 g/mol. The number of rotatable bonds is 6. The lowest BCUT2D eigenvalue weighted by Crippen LogP contribution is -2.36. The van der Waals surface area contributed by atoms with Crippen molar-refractivity contribution in [2.45, 2.75) is 26.2 Å². The molecule has 1 amide bonds. The van der Waals surface area contributed by atoms with Gasteiger partial charge in [0.2, 0.25) is 5.91 Å². The predicted octanol–water partition coefficient (Wildman–Crippen LogP) is 0.476. The second kappa shape index (κ2) is 6.22. The number of carboxylic acid groups (broad SMARTS) is 1. The van der Waals surface area contributed by atoms with Gasteiger partial charge in [0.05, 0.1) is 13.2 Å². The molecule has 16 heavy (non-hydrogen) atoms. The Balaban J connectivity index is 2.46. The lowest BCUT2D eigenvalue weighted by atomic mass is 10.2. The number of carbonyl (C=O) groups excluding carboxylic acids is 1. The van der Waals surface area contributed by atoms with E-state index in [0.29, 0.717) is 19.8 Å². The molecule has 6 heteroatoms. The van der Waals surface area contributed by atoms with Gasteiger partial charge in [-0.2, -0.15) is 5.10 Å². The molecular weight excluding hydrogens is 212 g/mol. The van der Waals surface area contributed by atoms with Crippen molar-refractivity contribution >= 4 is 17.6 Å². The van der Waals surface area contributed by atoms with Crippen LogP contribution in [0.1, 0.15) is 26.2 Å². The minimum absolute atomic E-state index is 0.0371. The van der Waals surface area contributed by atoms with Gasteiger partial charge in [-0.25, -0.2) is 9.80 Å². The van der Waals surface area contributed by atoms with Gasteiger partial charge >= 0.3 is 5.97 Å². The van der Waals surface area contributed by atoms with Crippen LogP contribution >= 0.6 is 0 Å². The monoisotopic (exact) mass is 228 g/mol. The fraction of sp³-hybridized carbons (Fsp3) is 0.700. The number of hydrogen-bond acceptors (Lipinski definition) is 4. The fourth-order valence-corrected chi connectivity index (χ4v) is 1.33. The van der Waals surface area contributed by atoms with Gasteiger partial charge in [-0.3, -0.25) is 4.79 Å². The molecule has 0 aromatic carbocycles. The summed E-state index contributed by atoms with van der Waals surface area (Å²) in [5.74, 6) is -1.21. The highest BCUT2D eigenvalue weighted by molar-refractivity contribution is 6.36. The highest BCUT2D eigenvalue weighted by atomic mass is 16.5. The first-order valence-electron chi connectivity index (χ1n) is 5.34. The molecular formula is C10H16N2O4. The quantitative estimate of drug-likeness (QED) is 0.670. The predicted molar refractivity (Wildman–Crippen MR) is 57.1 cm³/mol. The molecule has 0 fully saturated rings. The molecule has 0 aromatic rings. The lowest BCUT2D eigenvalue weighted by molar-refractivity contribution is -0.133. The Kier molecular flexibility index (Phi) is 4.91. The Hall–Kier alpha value is -1.43. The first kappa shape index (κ1) is 12.6. The second-order valence-corrected chi connectivity index (χ2v) is 3.48. The molecule has 90 valence electrons. The van der Waals surface area contributed by atoms with Crippen molar-refractivity contribution in [3.63, 3.8) is 0 Å². The number of carbonyl (C=O) groups is 2. The van der Waals surface area contributed by atoms with E-state index in [-0.39, 0.29) is 24.5 Å². The van der Waals surface area contributed by atoms with E-state index in [0.717, 1.165) is 6.42 Å². The molecule has 0 radical (unpaired) electrons. The topological polar surface area (TPSA) is 79.2 Å². The maximum Gasteiger partial charge on any atom is 0.352 e. The van der Waals surface area contributed by atoms with Crippen molar-refractivity contribution in [1.29, 1.82) is 0 Å². The standard InChI is InChI=1S/C10H16N2O4/c1-2-6-16-7-5-12-9(13)4-3-8(11-12)10(14)15/h2-7H2,1H3,(H,14,15). The number of aliphatic carboxylic acids is 1. The minimum atomic E-state index is -1.06. The number of hydrazone groups is 1. The molecule has 0 saturated carbocycles. The largest absolute Gasteiger partial charge is 0.477 e. The van der Waals surface area contributed by atoms with E-state index in [1.54, 1.807) is 0 Å². The van der Waals surface area contributed by atoms with Gasteiger partial charge in [0.1, 0.15) is 5.71 Å². The van der Waals surface area contributed by atoms with E-state index in [2.05, 4.69) is 5.10 Å². The third kappa shape index (κ3) is 3.62. The van der Waals surface area contributed by atoms with Crippen LogP contribution in [-0.2, 0) is 14.3 Å². The van der Waals surface area contributed by atoms with Crippen molar-refractivity contribution < 1.29 is 19.4 Å². The van der Waals surface area contributed by atoms with Gasteiger partial charge in [0.15, 0.2) is 0 Å². The SMILES string of the molecule is CCCOCCN1N=C(C(=O)O)CCC1=O. The Labute approximate surface area is 93.9 Å². The van der Waals surface area contributed by atoms with Crippen molar-refractivity contribution in [2.75, 3.05) is 19.8 Å². The zero-order valence-corrected chi connectivity index (χ0v) is 9.31. The average Bonchev–Trinajstić information content (AvgIpc) is 2.26. The van der Waals surface area contributed by atoms with E-state index >= 15 is 0 Å². The summed E-state index contributed by atoms with van der Waals surface area (Å²) in [6, 6.07) is 0. The number of ether oxygens (including phenoxy) is 1. The molecule has 1 rings (SSSR count). The molecule has 0 atom stereocenters. The van der Waals surface area contributed by atoms with E-state index in [9.17, 15) is 9.59 Å². The summed E-state index contributed by atoms with van der Waals surface area (Å²) in [5.41, 5.74) is 0.0371. The van der Waals surface area contributed by atoms with Crippen molar-refractivity contribution in [3.8, 4) is 0 Å². The van der Waals surface area contributed by atoms with E-state index in [1.165, 1.54) is 5.01 Å². The van der Waals surface area contributed by atoms with Crippen LogP contribution in [0.3, 0.4) is 0 Å². The van der Waals surface area contributed by atoms with Crippen LogP contribution in [0, 0.1) is 0 Å².